The second-order valence-electron chi connectivity index (χ2n) is 5.57. The third-order valence-corrected chi connectivity index (χ3v) is 3.78. The van der Waals surface area contributed by atoms with Gasteiger partial charge in [0, 0.05) is 19.6 Å². The number of nitrogens with one attached hydrogen (secondary N) is 2. The molecule has 4 heteroatoms. The van der Waals surface area contributed by atoms with Crippen molar-refractivity contribution in [2.45, 2.75) is 38.8 Å². The zero-order valence-corrected chi connectivity index (χ0v) is 13.1. The molecule has 1 aromatic carbocycles. The molecule has 4 nitrogen and oxygen atoms in total. The van der Waals surface area contributed by atoms with Crippen molar-refractivity contribution in [3.05, 3.63) is 35.9 Å². The van der Waals surface area contributed by atoms with Gasteiger partial charge in [0.25, 0.3) is 0 Å². The van der Waals surface area contributed by atoms with Gasteiger partial charge in [0.05, 0.1) is 13.2 Å². The number of aliphatic imine (C=N–C) groups is 1. The van der Waals surface area contributed by atoms with Gasteiger partial charge in [-0.25, -0.2) is 0 Å². The molecule has 1 aliphatic rings. The van der Waals surface area contributed by atoms with Crippen LogP contribution in [0.5, 0.6) is 0 Å². The fourth-order valence-electron chi connectivity index (χ4n) is 2.49. The molecule has 2 atom stereocenters. The second kappa shape index (κ2) is 8.67. The first-order valence-electron chi connectivity index (χ1n) is 7.92. The van der Waals surface area contributed by atoms with E-state index in [1.165, 1.54) is 24.8 Å². The van der Waals surface area contributed by atoms with Crippen LogP contribution in [0.1, 0.15) is 31.7 Å². The fraction of sp³-hybridized carbons (Fsp3) is 0.588. The van der Waals surface area contributed by atoms with E-state index in [2.05, 4.69) is 34.7 Å². The highest BCUT2D eigenvalue weighted by atomic mass is 16.5. The number of guanidine groups is 1. The van der Waals surface area contributed by atoms with Crippen LogP contribution in [0.15, 0.2) is 35.3 Å². The fourth-order valence-corrected chi connectivity index (χ4v) is 2.49. The highest BCUT2D eigenvalue weighted by Gasteiger charge is 2.36. The van der Waals surface area contributed by atoms with E-state index in [0.29, 0.717) is 19.3 Å². The first-order chi connectivity index (χ1) is 10.3. The summed E-state index contributed by atoms with van der Waals surface area (Å²) in [5.74, 6) is 1.73. The molecule has 116 valence electrons. The Hall–Kier alpha value is -1.55. The largest absolute Gasteiger partial charge is 0.375 e. The molecule has 0 bridgehead atoms. The molecule has 1 fully saturated rings. The van der Waals surface area contributed by atoms with Gasteiger partial charge < -0.3 is 15.4 Å². The third kappa shape index (κ3) is 5.76. The van der Waals surface area contributed by atoms with Crippen LogP contribution in [-0.4, -0.2) is 32.2 Å². The highest BCUT2D eigenvalue weighted by Crippen LogP contribution is 2.34. The molecule has 1 aliphatic carbocycles. The lowest BCUT2D eigenvalue weighted by Crippen LogP contribution is -2.40. The zero-order chi connectivity index (χ0) is 14.9. The molecule has 0 saturated heterocycles. The first kappa shape index (κ1) is 15.8. The minimum absolute atomic E-state index is 0.612. The predicted molar refractivity (Wildman–Crippen MR) is 87.4 cm³/mol. The maximum atomic E-state index is 5.65. The van der Waals surface area contributed by atoms with Gasteiger partial charge in [-0.15, -0.1) is 0 Å². The van der Waals surface area contributed by atoms with Crippen molar-refractivity contribution >= 4 is 5.96 Å². The lowest BCUT2D eigenvalue weighted by Gasteiger charge is -2.12. The van der Waals surface area contributed by atoms with Gasteiger partial charge in [-0.1, -0.05) is 43.7 Å². The Kier molecular flexibility index (Phi) is 6.54. The van der Waals surface area contributed by atoms with Crippen molar-refractivity contribution in [3.63, 3.8) is 0 Å². The van der Waals surface area contributed by atoms with Gasteiger partial charge in [0.15, 0.2) is 5.96 Å². The Bertz CT molecular complexity index is 433. The van der Waals surface area contributed by atoms with Crippen LogP contribution in [0.25, 0.3) is 0 Å². The molecule has 2 rings (SSSR count). The summed E-state index contributed by atoms with van der Waals surface area (Å²) in [4.78, 5) is 4.26. The molecule has 0 spiro atoms. The summed E-state index contributed by atoms with van der Waals surface area (Å²) < 4.78 is 5.65. The summed E-state index contributed by atoms with van der Waals surface area (Å²) in [6.45, 7) is 4.36. The Labute approximate surface area is 128 Å². The Morgan fingerprint density at radius 2 is 2.14 bits per heavy atom. The molecule has 0 aliphatic heterocycles. The van der Waals surface area contributed by atoms with Gasteiger partial charge in [0.2, 0.25) is 0 Å². The van der Waals surface area contributed by atoms with Crippen LogP contribution >= 0.6 is 0 Å². The standard InChI is InChI=1S/C17H27N3O/c1-3-7-15-12-16(15)20-17(18-2)19-10-11-21-13-14-8-5-4-6-9-14/h4-6,8-9,15-16H,3,7,10-13H2,1-2H3,(H2,18,19,20). The molecule has 21 heavy (non-hydrogen) atoms. The summed E-state index contributed by atoms with van der Waals surface area (Å²) in [6, 6.07) is 10.9. The maximum Gasteiger partial charge on any atom is 0.191 e. The molecule has 0 heterocycles. The van der Waals surface area contributed by atoms with Crippen molar-refractivity contribution in [3.8, 4) is 0 Å². The number of rotatable bonds is 8. The van der Waals surface area contributed by atoms with E-state index in [4.69, 9.17) is 4.74 Å². The van der Waals surface area contributed by atoms with Crippen LogP contribution in [0.4, 0.5) is 0 Å². The number of hydrogen-bond donors (Lipinski definition) is 2. The summed E-state index contributed by atoms with van der Waals surface area (Å²) in [5, 5.41) is 6.77. The average Bonchev–Trinajstić information content (AvgIpc) is 3.25. The minimum Gasteiger partial charge on any atom is -0.375 e. The monoisotopic (exact) mass is 289 g/mol. The molecule has 0 radical (unpaired) electrons. The van der Waals surface area contributed by atoms with E-state index in [-0.39, 0.29) is 0 Å². The SMILES string of the molecule is CCCC1CC1NC(=NC)NCCOCc1ccccc1. The first-order valence-corrected chi connectivity index (χ1v) is 7.92. The van der Waals surface area contributed by atoms with E-state index < -0.39 is 0 Å². The van der Waals surface area contributed by atoms with E-state index >= 15 is 0 Å². The van der Waals surface area contributed by atoms with Crippen LogP contribution < -0.4 is 10.6 Å². The van der Waals surface area contributed by atoms with Crippen LogP contribution in [0.2, 0.25) is 0 Å². The number of ether oxygens (including phenoxy) is 1. The normalized spacial score (nSPS) is 21.1. The van der Waals surface area contributed by atoms with E-state index in [1.54, 1.807) is 0 Å². The van der Waals surface area contributed by atoms with Crippen LogP contribution in [-0.2, 0) is 11.3 Å². The average molecular weight is 289 g/mol. The Balaban J connectivity index is 1.55. The van der Waals surface area contributed by atoms with Crippen molar-refractivity contribution < 1.29 is 4.74 Å². The van der Waals surface area contributed by atoms with E-state index in [9.17, 15) is 0 Å². The quantitative estimate of drug-likeness (QED) is 0.439. The second-order valence-corrected chi connectivity index (χ2v) is 5.57. The molecular weight excluding hydrogens is 262 g/mol. The van der Waals surface area contributed by atoms with Crippen LogP contribution in [0, 0.1) is 5.92 Å². The smallest absolute Gasteiger partial charge is 0.191 e. The van der Waals surface area contributed by atoms with Crippen molar-refractivity contribution in [2.24, 2.45) is 10.9 Å². The summed E-state index contributed by atoms with van der Waals surface area (Å²) >= 11 is 0. The maximum absolute atomic E-state index is 5.65. The lowest BCUT2D eigenvalue weighted by molar-refractivity contribution is 0.125. The Morgan fingerprint density at radius 1 is 1.33 bits per heavy atom. The number of nitrogens with zero attached hydrogens (tertiary/aromatic N) is 1. The summed E-state index contributed by atoms with van der Waals surface area (Å²) in [7, 11) is 1.82. The molecule has 2 N–H and O–H groups in total. The lowest BCUT2D eigenvalue weighted by atomic mass is 10.2. The summed E-state index contributed by atoms with van der Waals surface area (Å²) in [5.41, 5.74) is 1.21. The number of benzene rings is 1. The molecule has 0 amide bonds. The molecule has 1 saturated carbocycles. The van der Waals surface area contributed by atoms with Gasteiger partial charge >= 0.3 is 0 Å². The molecule has 1 aromatic rings. The number of hydrogen-bond acceptors (Lipinski definition) is 2. The highest BCUT2D eigenvalue weighted by molar-refractivity contribution is 5.80. The van der Waals surface area contributed by atoms with E-state index in [1.807, 2.05) is 25.2 Å². The zero-order valence-electron chi connectivity index (χ0n) is 13.1. The molecule has 0 aromatic heterocycles. The van der Waals surface area contributed by atoms with Gasteiger partial charge in [-0.05, 0) is 24.3 Å². The topological polar surface area (TPSA) is 45.7 Å². The van der Waals surface area contributed by atoms with E-state index in [0.717, 1.165) is 18.4 Å². The Morgan fingerprint density at radius 3 is 2.86 bits per heavy atom. The van der Waals surface area contributed by atoms with Crippen LogP contribution in [0.3, 0.4) is 0 Å². The third-order valence-electron chi connectivity index (χ3n) is 3.78. The predicted octanol–water partition coefficient (Wildman–Crippen LogP) is 2.56. The van der Waals surface area contributed by atoms with Gasteiger partial charge in [-0.3, -0.25) is 4.99 Å². The summed E-state index contributed by atoms with van der Waals surface area (Å²) in [6.07, 6.45) is 3.86. The van der Waals surface area contributed by atoms with Gasteiger partial charge in [-0.2, -0.15) is 0 Å². The van der Waals surface area contributed by atoms with Crippen molar-refractivity contribution in [1.82, 2.24) is 10.6 Å². The van der Waals surface area contributed by atoms with Crippen molar-refractivity contribution in [2.75, 3.05) is 20.2 Å². The molecular formula is C17H27N3O. The minimum atomic E-state index is 0.612. The molecule has 2 unspecified atom stereocenters. The van der Waals surface area contributed by atoms with Gasteiger partial charge in [0.1, 0.15) is 0 Å². The van der Waals surface area contributed by atoms with Crippen molar-refractivity contribution in [1.29, 1.82) is 0 Å².